The van der Waals surface area contributed by atoms with Gasteiger partial charge in [-0.05, 0) is 345 Å². The Labute approximate surface area is 809 Å². The monoisotopic (exact) mass is 1840 g/mol. The first kappa shape index (κ1) is 121. The second kappa shape index (κ2) is 96.7. The fourth-order valence-corrected chi connectivity index (χ4v) is 18.5. The number of hydrogen-bond acceptors (Lipinski definition) is 2. The van der Waals surface area contributed by atoms with Gasteiger partial charge in [0.1, 0.15) is 0 Å². The molecule has 0 aliphatic carbocycles. The molecular formula is C124H214N2Pd+2. The molecule has 2 aromatic rings. The molecule has 127 heavy (non-hydrogen) atoms. The van der Waals surface area contributed by atoms with Gasteiger partial charge in [-0.3, -0.25) is 4.99 Å². The third kappa shape index (κ3) is 70.5. The summed E-state index contributed by atoms with van der Waals surface area (Å²) in [4.78, 5) is 12.9. The number of unbranched alkanes of at least 4 members (excludes halogenated alkanes) is 55. The predicted molar refractivity (Wildman–Crippen MR) is 577 cm³/mol. The Kier molecular flexibility index (Phi) is 92.2. The van der Waals surface area contributed by atoms with Crippen LogP contribution >= 0.6 is 0 Å². The quantitative estimate of drug-likeness (QED) is 0.0273. The third-order valence-corrected chi connectivity index (χ3v) is 26.6. The fourth-order valence-electron chi connectivity index (χ4n) is 18.5. The summed E-state index contributed by atoms with van der Waals surface area (Å²) >= 11 is 0. The summed E-state index contributed by atoms with van der Waals surface area (Å²) in [5.74, 6) is 0. The standard InChI is InChI=1S/C124H214N2.Pd/c1-11-21-31-40-49-58-59-60-61-62-63-64-65-66-67-68-69-70-71-72-73-82-91-100-110-122(126-124-112-114(102-93-84-75-51-42-33-23-13-3)116(104-95-86-77-53-44-35-25-15-5)118(106-97-88-79-55-46-37-27-17-7)120(124)108-99-90-81-57-48-39-29-19-9)121(109-30-20-10)125-123-111-113(101-92-83-74-50-41-32-22-12-2)115(103-94-85-76-52-43-34-24-14-4)117(105-96-87-78-54-45-36-26-16-6)119(123)107-98-89-80-56-47-38-28-18-8;/h50-57,74-81,100,110-112H,11-49,58-73,82-99,101-109H2,1-10H3;/q;+2/b74-50+,75-51+,76-52+,77-53+,78-54+,79-55+,80-56+,81-57+,110-100+,125-121+,126-122+;. The van der Waals surface area contributed by atoms with Gasteiger partial charge in [0.2, 0.25) is 0 Å². The molecule has 0 aliphatic heterocycles. The van der Waals surface area contributed by atoms with Crippen LogP contribution in [0.2, 0.25) is 0 Å². The second-order valence-corrected chi connectivity index (χ2v) is 38.6. The average molecular weight is 1840 g/mol. The van der Waals surface area contributed by atoms with Crippen molar-refractivity contribution in [1.82, 2.24) is 0 Å². The molecule has 0 amide bonds. The molecule has 3 heteroatoms. The van der Waals surface area contributed by atoms with E-state index in [1.807, 2.05) is 0 Å². The Bertz CT molecular complexity index is 3070. The van der Waals surface area contributed by atoms with Crippen LogP contribution < -0.4 is 0 Å². The zero-order chi connectivity index (χ0) is 90.5. The van der Waals surface area contributed by atoms with Crippen LogP contribution in [0.4, 0.5) is 11.4 Å². The molecule has 0 fully saturated rings. The van der Waals surface area contributed by atoms with E-state index in [-0.39, 0.29) is 20.4 Å². The van der Waals surface area contributed by atoms with Gasteiger partial charge >= 0.3 is 20.4 Å². The van der Waals surface area contributed by atoms with Crippen molar-refractivity contribution in [1.29, 1.82) is 0 Å². The van der Waals surface area contributed by atoms with Gasteiger partial charge in [0.15, 0.2) is 0 Å². The van der Waals surface area contributed by atoms with Crippen LogP contribution in [0.15, 0.2) is 131 Å². The van der Waals surface area contributed by atoms with Gasteiger partial charge in [-0.15, -0.1) is 0 Å². The maximum absolute atomic E-state index is 6.46. The van der Waals surface area contributed by atoms with Crippen molar-refractivity contribution >= 4 is 22.8 Å². The summed E-state index contributed by atoms with van der Waals surface area (Å²) in [6, 6.07) is 5.42. The SMILES string of the molecule is CCCCC/C=C/CCCc1cc(/N=C(\C=C\CCCCCCCCCCCCCCCCCCCCCCCC)C(/CCCC)=N/c2cc(CCC/C=C/CCCCC)c(CCC/C=C/CCCCC)c(CCC/C=C/CCCCC)c2CCC/C=C/CCCCC)c(CCC/C=C/CCCCC)c(CCC/C=C/CCCCC)c1CCC/C=C/CCCCC.[Pd+2]. The van der Waals surface area contributed by atoms with E-state index in [1.54, 1.807) is 44.5 Å². The normalized spacial score (nSPS) is 12.6. The Hall–Kier alpha value is -3.90. The van der Waals surface area contributed by atoms with Crippen molar-refractivity contribution in [2.45, 2.75) is 596 Å². The van der Waals surface area contributed by atoms with Crippen molar-refractivity contribution in [2.24, 2.45) is 9.98 Å². The summed E-state index contributed by atoms with van der Waals surface area (Å²) in [6.07, 6.45) is 149. The minimum atomic E-state index is 0. The molecule has 728 valence electrons. The Morgan fingerprint density at radius 2 is 0.362 bits per heavy atom. The number of aliphatic imine (C=N–C) groups is 2. The van der Waals surface area contributed by atoms with Gasteiger partial charge in [0.25, 0.3) is 0 Å². The number of allylic oxidation sites excluding steroid dienone is 18. The molecule has 0 spiro atoms. The van der Waals surface area contributed by atoms with Gasteiger partial charge in [0, 0.05) is 0 Å². The van der Waals surface area contributed by atoms with Crippen molar-refractivity contribution in [2.75, 3.05) is 0 Å². The van der Waals surface area contributed by atoms with Crippen LogP contribution in [0, 0.1) is 0 Å². The van der Waals surface area contributed by atoms with Gasteiger partial charge < -0.3 is 0 Å². The van der Waals surface area contributed by atoms with Crippen molar-refractivity contribution in [3.05, 3.63) is 166 Å². The first-order valence-electron chi connectivity index (χ1n) is 56.8. The maximum atomic E-state index is 6.46. The zero-order valence-electron chi connectivity index (χ0n) is 86.7. The van der Waals surface area contributed by atoms with Gasteiger partial charge in [-0.2, -0.15) is 0 Å². The topological polar surface area (TPSA) is 24.7 Å². The third-order valence-electron chi connectivity index (χ3n) is 26.6. The van der Waals surface area contributed by atoms with E-state index >= 15 is 0 Å². The molecule has 0 heterocycles. The number of aryl methyl sites for hydroxylation is 2. The molecule has 0 aromatic heterocycles. The van der Waals surface area contributed by atoms with E-state index in [0.717, 1.165) is 147 Å². The van der Waals surface area contributed by atoms with Crippen LogP contribution in [0.5, 0.6) is 0 Å². The molecule has 0 N–H and O–H groups in total. The zero-order valence-corrected chi connectivity index (χ0v) is 88.3. The largest absolute Gasteiger partial charge is 2.00 e. The van der Waals surface area contributed by atoms with Crippen LogP contribution in [0.3, 0.4) is 0 Å². The van der Waals surface area contributed by atoms with E-state index < -0.39 is 0 Å². The van der Waals surface area contributed by atoms with Crippen LogP contribution in [-0.2, 0) is 71.8 Å². The molecule has 0 atom stereocenters. The van der Waals surface area contributed by atoms with Crippen LogP contribution in [-0.4, -0.2) is 11.4 Å². The Morgan fingerprint density at radius 1 is 0.181 bits per heavy atom. The van der Waals surface area contributed by atoms with Gasteiger partial charge in [-0.25, -0.2) is 4.99 Å². The number of hydrogen-bond donors (Lipinski definition) is 0. The van der Waals surface area contributed by atoms with Crippen molar-refractivity contribution in [3.63, 3.8) is 0 Å². The summed E-state index contributed by atoms with van der Waals surface area (Å²) in [6.45, 7) is 23.5. The number of rotatable bonds is 94. The molecule has 0 saturated heterocycles. The molecule has 0 radical (unpaired) electrons. The molecule has 0 unspecified atom stereocenters. The van der Waals surface area contributed by atoms with E-state index in [2.05, 4.69) is 191 Å². The first-order chi connectivity index (χ1) is 62.4. The predicted octanol–water partition coefficient (Wildman–Crippen LogP) is 42.9. The summed E-state index contributed by atoms with van der Waals surface area (Å²) < 4.78 is 0. The Morgan fingerprint density at radius 3 is 0.614 bits per heavy atom. The van der Waals surface area contributed by atoms with Crippen molar-refractivity contribution < 1.29 is 20.4 Å². The number of nitrogens with zero attached hydrogens (tertiary/aromatic N) is 2. The molecular weight excluding hydrogens is 1620 g/mol. The van der Waals surface area contributed by atoms with E-state index in [9.17, 15) is 0 Å². The fraction of sp³-hybridized carbons (Fsp3) is 0.742. The molecule has 2 nitrogen and oxygen atoms in total. The summed E-state index contributed by atoms with van der Waals surface area (Å²) in [7, 11) is 0. The number of benzene rings is 2. The molecule has 0 bridgehead atoms. The van der Waals surface area contributed by atoms with E-state index in [4.69, 9.17) is 9.98 Å². The second-order valence-electron chi connectivity index (χ2n) is 38.6. The van der Waals surface area contributed by atoms with Crippen molar-refractivity contribution in [3.8, 4) is 0 Å². The molecule has 0 aliphatic rings. The van der Waals surface area contributed by atoms with Gasteiger partial charge in [-0.1, -0.05) is 417 Å². The smallest absolute Gasteiger partial charge is 0.251 e. The van der Waals surface area contributed by atoms with Crippen LogP contribution in [0.25, 0.3) is 0 Å². The summed E-state index contributed by atoms with van der Waals surface area (Å²) in [5.41, 5.74) is 17.9. The summed E-state index contributed by atoms with van der Waals surface area (Å²) in [5, 5.41) is 0. The minimum Gasteiger partial charge on any atom is -0.251 e. The van der Waals surface area contributed by atoms with Gasteiger partial charge in [0.05, 0.1) is 22.8 Å². The van der Waals surface area contributed by atoms with E-state index in [0.29, 0.717) is 0 Å². The maximum Gasteiger partial charge on any atom is 2.00 e. The van der Waals surface area contributed by atoms with Crippen LogP contribution in [0.1, 0.15) is 589 Å². The molecule has 2 rings (SSSR count). The van der Waals surface area contributed by atoms with E-state index in [1.165, 1.54) is 402 Å². The average Bonchev–Trinajstić information content (AvgIpc) is 0.787. The molecule has 0 saturated carbocycles. The Balaban J connectivity index is 0.0000806. The first-order valence-corrected chi connectivity index (χ1v) is 56.8. The minimum absolute atomic E-state index is 0. The molecule has 2 aromatic carbocycles.